The van der Waals surface area contributed by atoms with Crippen molar-refractivity contribution in [2.24, 2.45) is 0 Å². The lowest BCUT2D eigenvalue weighted by molar-refractivity contribution is 0.625. The van der Waals surface area contributed by atoms with Gasteiger partial charge in [-0.05, 0) is 18.6 Å². The molecule has 1 heterocycles. The Labute approximate surface area is 131 Å². The van der Waals surface area contributed by atoms with Gasteiger partial charge in [0.2, 0.25) is 0 Å². The van der Waals surface area contributed by atoms with E-state index in [1.807, 2.05) is 0 Å². The SMILES string of the molecule is CCCCc1nc(=O)c2cc(C#C[Si](C)(C)C)c(F)cc2[nH]1. The first kappa shape index (κ1) is 16.4. The first-order chi connectivity index (χ1) is 10.3. The number of benzene rings is 1. The zero-order chi connectivity index (χ0) is 16.3. The number of unbranched alkanes of at least 4 members (excludes halogenated alkanes) is 1. The van der Waals surface area contributed by atoms with Gasteiger partial charge in [-0.15, -0.1) is 5.54 Å². The molecule has 1 aromatic carbocycles. The lowest BCUT2D eigenvalue weighted by Gasteiger charge is -2.06. The highest BCUT2D eigenvalue weighted by Crippen LogP contribution is 2.15. The Bertz CT molecular complexity index is 809. The predicted octanol–water partition coefficient (Wildman–Crippen LogP) is 3.63. The number of halogens is 1. The van der Waals surface area contributed by atoms with E-state index in [0.717, 1.165) is 12.8 Å². The van der Waals surface area contributed by atoms with Crippen molar-refractivity contribution < 1.29 is 4.39 Å². The van der Waals surface area contributed by atoms with Gasteiger partial charge in [0.1, 0.15) is 19.7 Å². The number of hydrogen-bond acceptors (Lipinski definition) is 2. The minimum atomic E-state index is -1.60. The molecule has 0 aliphatic rings. The summed E-state index contributed by atoms with van der Waals surface area (Å²) in [6, 6.07) is 2.86. The first-order valence-electron chi connectivity index (χ1n) is 7.56. The van der Waals surface area contributed by atoms with Crippen LogP contribution in [0.2, 0.25) is 19.6 Å². The summed E-state index contributed by atoms with van der Waals surface area (Å²) in [5.74, 6) is 3.09. The smallest absolute Gasteiger partial charge is 0.280 e. The van der Waals surface area contributed by atoms with Crippen molar-refractivity contribution >= 4 is 19.0 Å². The van der Waals surface area contributed by atoms with E-state index in [2.05, 4.69) is 48.0 Å². The summed E-state index contributed by atoms with van der Waals surface area (Å²) in [6.45, 7) is 8.34. The molecule has 0 aliphatic heterocycles. The van der Waals surface area contributed by atoms with E-state index in [1.54, 1.807) is 0 Å². The van der Waals surface area contributed by atoms with Gasteiger partial charge in [-0.2, -0.15) is 4.98 Å². The maximum Gasteiger partial charge on any atom is 0.280 e. The van der Waals surface area contributed by atoms with Crippen LogP contribution in [-0.4, -0.2) is 18.0 Å². The molecule has 2 aromatic rings. The van der Waals surface area contributed by atoms with Crippen molar-refractivity contribution in [1.29, 1.82) is 0 Å². The van der Waals surface area contributed by atoms with Gasteiger partial charge in [-0.25, -0.2) is 4.39 Å². The number of aryl methyl sites for hydroxylation is 1. The van der Waals surface area contributed by atoms with Crippen LogP contribution in [0.15, 0.2) is 16.9 Å². The standard InChI is InChI=1S/C17H21FN2OSi/c1-5-6-7-16-19-15-11-14(18)12(8-9-22(2,3)4)10-13(15)17(21)20-16/h10-11H,5-7H2,1-4H3,(H,19,20,21). The van der Waals surface area contributed by atoms with E-state index in [9.17, 15) is 9.18 Å². The van der Waals surface area contributed by atoms with Gasteiger partial charge in [0.05, 0.1) is 16.5 Å². The maximum atomic E-state index is 14.2. The zero-order valence-electron chi connectivity index (χ0n) is 13.5. The van der Waals surface area contributed by atoms with Crippen molar-refractivity contribution in [1.82, 2.24) is 9.97 Å². The third-order valence-electron chi connectivity index (χ3n) is 3.19. The molecule has 5 heteroatoms. The average molecular weight is 316 g/mol. The van der Waals surface area contributed by atoms with E-state index in [0.29, 0.717) is 23.1 Å². The minimum absolute atomic E-state index is 0.267. The molecule has 1 N–H and O–H groups in total. The van der Waals surface area contributed by atoms with E-state index < -0.39 is 13.9 Å². The summed E-state index contributed by atoms with van der Waals surface area (Å²) in [5, 5.41) is 0.390. The van der Waals surface area contributed by atoms with Crippen molar-refractivity contribution in [3.8, 4) is 11.5 Å². The molecule has 1 aromatic heterocycles. The number of aromatic nitrogens is 2. The summed E-state index contributed by atoms with van der Waals surface area (Å²) in [5.41, 5.74) is 3.55. The van der Waals surface area contributed by atoms with Crippen LogP contribution in [0, 0.1) is 17.3 Å². The molecule has 3 nitrogen and oxygen atoms in total. The maximum absolute atomic E-state index is 14.2. The zero-order valence-corrected chi connectivity index (χ0v) is 14.5. The Morgan fingerprint density at radius 2 is 2.05 bits per heavy atom. The third kappa shape index (κ3) is 4.05. The van der Waals surface area contributed by atoms with Crippen LogP contribution < -0.4 is 5.56 Å². The van der Waals surface area contributed by atoms with Crippen LogP contribution in [-0.2, 0) is 6.42 Å². The summed E-state index contributed by atoms with van der Waals surface area (Å²) in [4.78, 5) is 19.2. The van der Waals surface area contributed by atoms with Crippen LogP contribution in [0.5, 0.6) is 0 Å². The molecular weight excluding hydrogens is 295 g/mol. The van der Waals surface area contributed by atoms with E-state index >= 15 is 0 Å². The second-order valence-corrected chi connectivity index (χ2v) is 11.2. The van der Waals surface area contributed by atoms with Crippen molar-refractivity contribution in [2.75, 3.05) is 0 Å². The molecule has 0 saturated carbocycles. The fourth-order valence-electron chi connectivity index (χ4n) is 2.03. The molecule has 0 aliphatic carbocycles. The van der Waals surface area contributed by atoms with Crippen LogP contribution in [0.25, 0.3) is 10.9 Å². The van der Waals surface area contributed by atoms with Gasteiger partial charge in [-0.1, -0.05) is 38.9 Å². The second kappa shape index (κ2) is 6.45. The largest absolute Gasteiger partial charge is 0.343 e. The Balaban J connectivity index is 2.52. The number of H-pyrrole nitrogens is 1. The number of nitrogens with zero attached hydrogens (tertiary/aromatic N) is 1. The van der Waals surface area contributed by atoms with Crippen molar-refractivity contribution in [3.63, 3.8) is 0 Å². The highest BCUT2D eigenvalue weighted by atomic mass is 28.3. The molecule has 0 radical (unpaired) electrons. The monoisotopic (exact) mass is 316 g/mol. The van der Waals surface area contributed by atoms with Crippen LogP contribution in [0.4, 0.5) is 4.39 Å². The fraction of sp³-hybridized carbons (Fsp3) is 0.412. The molecule has 22 heavy (non-hydrogen) atoms. The average Bonchev–Trinajstić information content (AvgIpc) is 2.42. The number of rotatable bonds is 3. The molecular formula is C17H21FN2OSi. The molecule has 2 rings (SSSR count). The Morgan fingerprint density at radius 1 is 1.32 bits per heavy atom. The van der Waals surface area contributed by atoms with E-state index in [4.69, 9.17) is 0 Å². The van der Waals surface area contributed by atoms with Crippen molar-refractivity contribution in [2.45, 2.75) is 45.8 Å². The lowest BCUT2D eigenvalue weighted by atomic mass is 10.1. The molecule has 0 unspecified atom stereocenters. The van der Waals surface area contributed by atoms with Crippen LogP contribution in [0.1, 0.15) is 31.2 Å². The van der Waals surface area contributed by atoms with Gasteiger partial charge in [-0.3, -0.25) is 4.79 Å². The summed E-state index contributed by atoms with van der Waals surface area (Å²) < 4.78 is 14.2. The van der Waals surface area contributed by atoms with E-state index in [-0.39, 0.29) is 11.1 Å². The number of fused-ring (bicyclic) bond motifs is 1. The van der Waals surface area contributed by atoms with Crippen molar-refractivity contribution in [3.05, 3.63) is 39.7 Å². The second-order valence-electron chi connectivity index (χ2n) is 6.47. The Hall–Kier alpha value is -1.93. The van der Waals surface area contributed by atoms with Gasteiger partial charge in [0.15, 0.2) is 0 Å². The molecule has 116 valence electrons. The molecule has 0 amide bonds. The summed E-state index contributed by atoms with van der Waals surface area (Å²) in [7, 11) is -1.60. The van der Waals surface area contributed by atoms with Gasteiger partial charge >= 0.3 is 0 Å². The fourth-order valence-corrected chi connectivity index (χ4v) is 2.54. The van der Waals surface area contributed by atoms with Gasteiger partial charge in [0.25, 0.3) is 5.56 Å². The third-order valence-corrected chi connectivity index (χ3v) is 4.07. The normalized spacial score (nSPS) is 11.3. The van der Waals surface area contributed by atoms with Crippen LogP contribution in [0.3, 0.4) is 0 Å². The molecule has 0 atom stereocenters. The number of nitrogens with one attached hydrogen (secondary N) is 1. The highest BCUT2D eigenvalue weighted by Gasteiger charge is 2.11. The topological polar surface area (TPSA) is 45.8 Å². The molecule has 0 bridgehead atoms. The van der Waals surface area contributed by atoms with Crippen LogP contribution >= 0.6 is 0 Å². The molecule has 0 spiro atoms. The first-order valence-corrected chi connectivity index (χ1v) is 11.1. The highest BCUT2D eigenvalue weighted by molar-refractivity contribution is 6.83. The van der Waals surface area contributed by atoms with Gasteiger partial charge < -0.3 is 4.98 Å². The number of hydrogen-bond donors (Lipinski definition) is 1. The molecule has 0 saturated heterocycles. The predicted molar refractivity (Wildman–Crippen MR) is 91.2 cm³/mol. The van der Waals surface area contributed by atoms with Gasteiger partial charge in [0, 0.05) is 6.42 Å². The summed E-state index contributed by atoms with van der Waals surface area (Å²) >= 11 is 0. The Morgan fingerprint density at radius 3 is 2.68 bits per heavy atom. The summed E-state index contributed by atoms with van der Waals surface area (Å²) in [6.07, 6.45) is 2.65. The Kier molecular flexibility index (Phi) is 4.82. The number of aromatic amines is 1. The minimum Gasteiger partial charge on any atom is -0.343 e. The van der Waals surface area contributed by atoms with E-state index in [1.165, 1.54) is 12.1 Å². The quantitative estimate of drug-likeness (QED) is 0.694. The lowest BCUT2D eigenvalue weighted by Crippen LogP contribution is -2.16. The molecule has 0 fully saturated rings.